The van der Waals surface area contributed by atoms with Crippen LogP contribution in [0, 0.1) is 11.8 Å². The summed E-state index contributed by atoms with van der Waals surface area (Å²) in [5.74, 6) is 1.34. The van der Waals surface area contributed by atoms with Crippen molar-refractivity contribution in [3.8, 4) is 0 Å². The van der Waals surface area contributed by atoms with Crippen molar-refractivity contribution in [3.05, 3.63) is 16.4 Å². The monoisotopic (exact) mass is 312 g/mol. The fourth-order valence-corrected chi connectivity index (χ4v) is 4.17. The van der Waals surface area contributed by atoms with E-state index in [9.17, 15) is 5.11 Å². The molecule has 1 aromatic rings. The summed E-state index contributed by atoms with van der Waals surface area (Å²) < 4.78 is 1.85. The van der Waals surface area contributed by atoms with Gasteiger partial charge in [-0.15, -0.1) is 0 Å². The Labute approximate surface area is 133 Å². The van der Waals surface area contributed by atoms with Crippen LogP contribution >= 0.6 is 11.6 Å². The molecule has 0 aliphatic heterocycles. The Balaban J connectivity index is 2.12. The first-order valence-corrected chi connectivity index (χ1v) is 8.65. The van der Waals surface area contributed by atoms with Gasteiger partial charge in [-0.2, -0.15) is 5.10 Å². The first-order chi connectivity index (χ1) is 9.84. The Morgan fingerprint density at radius 1 is 1.48 bits per heavy atom. The molecule has 1 heterocycles. The molecule has 1 aliphatic carbocycles. The second-order valence-electron chi connectivity index (χ2n) is 7.18. The maximum Gasteiger partial charge on any atom is 0.0850 e. The predicted octanol–water partition coefficient (Wildman–Crippen LogP) is 4.15. The molecule has 1 aromatic heterocycles. The van der Waals surface area contributed by atoms with E-state index in [4.69, 9.17) is 11.6 Å². The molecular weight excluding hydrogens is 284 g/mol. The zero-order chi connectivity index (χ0) is 15.6. The molecule has 1 N–H and O–H groups in total. The predicted molar refractivity (Wildman–Crippen MR) is 87.7 cm³/mol. The quantitative estimate of drug-likeness (QED) is 0.887. The molecule has 2 rings (SSSR count). The molecular formula is C17H29ClN2O. The SMILES string of the molecule is CCc1nn(C)c(CC2(O)CCCC(CC(C)C)C2)c1Cl. The first kappa shape index (κ1) is 16.8. The van der Waals surface area contributed by atoms with E-state index < -0.39 is 5.60 Å². The molecule has 120 valence electrons. The number of hydrogen-bond acceptors (Lipinski definition) is 2. The van der Waals surface area contributed by atoms with Crippen LogP contribution in [0.15, 0.2) is 0 Å². The Morgan fingerprint density at radius 2 is 2.19 bits per heavy atom. The summed E-state index contributed by atoms with van der Waals surface area (Å²) in [4.78, 5) is 0. The average molecular weight is 313 g/mol. The Hall–Kier alpha value is -0.540. The molecule has 0 saturated heterocycles. The van der Waals surface area contributed by atoms with E-state index in [-0.39, 0.29) is 0 Å². The number of aryl methyl sites for hydroxylation is 2. The molecule has 0 bridgehead atoms. The van der Waals surface area contributed by atoms with Gasteiger partial charge in [0.05, 0.1) is 22.0 Å². The van der Waals surface area contributed by atoms with Crippen LogP contribution in [0.2, 0.25) is 5.02 Å². The van der Waals surface area contributed by atoms with E-state index in [2.05, 4.69) is 25.9 Å². The third-order valence-corrected chi connectivity index (χ3v) is 5.16. The maximum absolute atomic E-state index is 11.0. The molecule has 0 amide bonds. The molecule has 2 atom stereocenters. The van der Waals surface area contributed by atoms with Crippen LogP contribution in [-0.2, 0) is 19.9 Å². The fraction of sp³-hybridized carbons (Fsp3) is 0.824. The molecule has 1 saturated carbocycles. The van der Waals surface area contributed by atoms with Crippen molar-refractivity contribution in [2.75, 3.05) is 0 Å². The van der Waals surface area contributed by atoms with E-state index in [0.29, 0.717) is 18.3 Å². The van der Waals surface area contributed by atoms with E-state index in [1.54, 1.807) is 0 Å². The largest absolute Gasteiger partial charge is 0.389 e. The third kappa shape index (κ3) is 4.01. The Morgan fingerprint density at radius 3 is 2.76 bits per heavy atom. The van der Waals surface area contributed by atoms with E-state index in [0.717, 1.165) is 42.1 Å². The fourth-order valence-electron chi connectivity index (χ4n) is 3.81. The summed E-state index contributed by atoms with van der Waals surface area (Å²) in [5.41, 5.74) is 1.31. The molecule has 1 fully saturated rings. The topological polar surface area (TPSA) is 38.0 Å². The average Bonchev–Trinajstić information content (AvgIpc) is 2.65. The smallest absolute Gasteiger partial charge is 0.0850 e. The molecule has 1 aliphatic rings. The van der Waals surface area contributed by atoms with Gasteiger partial charge in [0, 0.05) is 13.5 Å². The van der Waals surface area contributed by atoms with Crippen LogP contribution in [0.3, 0.4) is 0 Å². The number of rotatable bonds is 5. The molecule has 0 radical (unpaired) electrons. The van der Waals surface area contributed by atoms with Crippen LogP contribution in [0.5, 0.6) is 0 Å². The number of aliphatic hydroxyl groups is 1. The minimum atomic E-state index is -0.611. The standard InChI is InChI=1S/C17H29ClN2O/c1-5-14-16(18)15(20(4)19-14)11-17(21)8-6-7-13(10-17)9-12(2)3/h12-13,21H,5-11H2,1-4H3. The number of hydrogen-bond donors (Lipinski definition) is 1. The summed E-state index contributed by atoms with van der Waals surface area (Å²) in [6.45, 7) is 6.59. The molecule has 0 aromatic carbocycles. The minimum Gasteiger partial charge on any atom is -0.389 e. The van der Waals surface area contributed by atoms with Gasteiger partial charge in [-0.3, -0.25) is 4.68 Å². The van der Waals surface area contributed by atoms with Crippen LogP contribution in [0.25, 0.3) is 0 Å². The molecule has 4 heteroatoms. The lowest BCUT2D eigenvalue weighted by Crippen LogP contribution is -2.38. The van der Waals surface area contributed by atoms with Gasteiger partial charge in [-0.25, -0.2) is 0 Å². The summed E-state index contributed by atoms with van der Waals surface area (Å²) in [5, 5.41) is 16.3. The maximum atomic E-state index is 11.0. The van der Waals surface area contributed by atoms with Crippen molar-refractivity contribution >= 4 is 11.6 Å². The summed E-state index contributed by atoms with van der Waals surface area (Å²) in [6.07, 6.45) is 6.81. The van der Waals surface area contributed by atoms with Gasteiger partial charge < -0.3 is 5.11 Å². The first-order valence-electron chi connectivity index (χ1n) is 8.27. The summed E-state index contributed by atoms with van der Waals surface area (Å²) >= 11 is 6.44. The highest BCUT2D eigenvalue weighted by atomic mass is 35.5. The van der Waals surface area contributed by atoms with Crippen molar-refractivity contribution in [3.63, 3.8) is 0 Å². The van der Waals surface area contributed by atoms with Crippen LogP contribution in [0.1, 0.15) is 64.3 Å². The third-order valence-electron chi connectivity index (χ3n) is 4.73. The molecule has 0 spiro atoms. The zero-order valence-corrected chi connectivity index (χ0v) is 14.6. The van der Waals surface area contributed by atoms with Gasteiger partial charge in [0.15, 0.2) is 0 Å². The van der Waals surface area contributed by atoms with Gasteiger partial charge in [-0.05, 0) is 37.5 Å². The van der Waals surface area contributed by atoms with Crippen LogP contribution in [-0.4, -0.2) is 20.5 Å². The van der Waals surface area contributed by atoms with Crippen molar-refractivity contribution in [1.29, 1.82) is 0 Å². The van der Waals surface area contributed by atoms with Crippen molar-refractivity contribution < 1.29 is 5.11 Å². The highest BCUT2D eigenvalue weighted by Gasteiger charge is 2.36. The Bertz CT molecular complexity index is 483. The number of nitrogens with zero attached hydrogens (tertiary/aromatic N) is 2. The van der Waals surface area contributed by atoms with Gasteiger partial charge in [0.2, 0.25) is 0 Å². The lowest BCUT2D eigenvalue weighted by atomic mass is 9.73. The van der Waals surface area contributed by atoms with Gasteiger partial charge in [0.25, 0.3) is 0 Å². The summed E-state index contributed by atoms with van der Waals surface area (Å²) in [7, 11) is 1.93. The normalized spacial score (nSPS) is 26.5. The lowest BCUT2D eigenvalue weighted by molar-refractivity contribution is -0.0202. The zero-order valence-electron chi connectivity index (χ0n) is 13.8. The van der Waals surface area contributed by atoms with Gasteiger partial charge in [-0.1, -0.05) is 45.2 Å². The van der Waals surface area contributed by atoms with Gasteiger partial charge in [0.1, 0.15) is 0 Å². The molecule has 3 nitrogen and oxygen atoms in total. The van der Waals surface area contributed by atoms with Crippen molar-refractivity contribution in [2.45, 2.75) is 71.3 Å². The Kier molecular flexibility index (Phi) is 5.37. The molecule has 2 unspecified atom stereocenters. The van der Waals surface area contributed by atoms with Crippen molar-refractivity contribution in [1.82, 2.24) is 9.78 Å². The minimum absolute atomic E-state index is 0.611. The summed E-state index contributed by atoms with van der Waals surface area (Å²) in [6, 6.07) is 0. The van der Waals surface area contributed by atoms with Gasteiger partial charge >= 0.3 is 0 Å². The van der Waals surface area contributed by atoms with Crippen molar-refractivity contribution in [2.24, 2.45) is 18.9 Å². The molecule has 21 heavy (non-hydrogen) atoms. The number of aromatic nitrogens is 2. The van der Waals surface area contributed by atoms with Crippen LogP contribution in [0.4, 0.5) is 0 Å². The van der Waals surface area contributed by atoms with Crippen LogP contribution < -0.4 is 0 Å². The number of halogens is 1. The second kappa shape index (κ2) is 6.70. The highest BCUT2D eigenvalue weighted by Crippen LogP contribution is 2.39. The van der Waals surface area contributed by atoms with E-state index in [1.807, 2.05) is 11.7 Å². The lowest BCUT2D eigenvalue weighted by Gasteiger charge is -2.37. The van der Waals surface area contributed by atoms with E-state index in [1.165, 1.54) is 12.8 Å². The highest BCUT2D eigenvalue weighted by molar-refractivity contribution is 6.31. The van der Waals surface area contributed by atoms with E-state index >= 15 is 0 Å². The second-order valence-corrected chi connectivity index (χ2v) is 7.56.